The first-order chi connectivity index (χ1) is 9.15. The molecule has 0 saturated carbocycles. The van der Waals surface area contributed by atoms with Crippen LogP contribution in [0.1, 0.15) is 18.9 Å². The summed E-state index contributed by atoms with van der Waals surface area (Å²) in [6, 6.07) is 6.20. The molecule has 102 valence electrons. The SMILES string of the molecule is CC1Oc2cc(CC3CCNC3)ccc2N(C)C1=O. The zero-order valence-electron chi connectivity index (χ0n) is 11.5. The van der Waals surface area contributed by atoms with E-state index in [1.54, 1.807) is 18.9 Å². The predicted molar refractivity (Wildman–Crippen MR) is 74.6 cm³/mol. The fraction of sp³-hybridized carbons (Fsp3) is 0.533. The Hall–Kier alpha value is -1.55. The molecule has 0 aromatic heterocycles. The molecular weight excluding hydrogens is 240 g/mol. The van der Waals surface area contributed by atoms with Crippen LogP contribution in [0.5, 0.6) is 5.75 Å². The molecule has 3 rings (SSSR count). The van der Waals surface area contributed by atoms with Crippen LogP contribution < -0.4 is 15.0 Å². The van der Waals surface area contributed by atoms with Crippen LogP contribution >= 0.6 is 0 Å². The van der Waals surface area contributed by atoms with E-state index in [0.29, 0.717) is 0 Å². The van der Waals surface area contributed by atoms with E-state index in [1.807, 2.05) is 6.07 Å². The first-order valence-corrected chi connectivity index (χ1v) is 6.93. The Bertz CT molecular complexity index is 495. The number of anilines is 1. The maximum absolute atomic E-state index is 11.8. The van der Waals surface area contributed by atoms with Crippen molar-refractivity contribution in [2.24, 2.45) is 5.92 Å². The summed E-state index contributed by atoms with van der Waals surface area (Å²) in [6.07, 6.45) is 1.93. The lowest BCUT2D eigenvalue weighted by molar-refractivity contribution is -0.125. The van der Waals surface area contributed by atoms with Gasteiger partial charge in [-0.1, -0.05) is 6.07 Å². The standard InChI is InChI=1S/C15H20N2O2/c1-10-15(18)17(2)13-4-3-11(8-14(13)19-10)7-12-5-6-16-9-12/h3-4,8,10,12,16H,5-7,9H2,1-2H3. The number of carbonyl (C=O) groups is 1. The number of hydrogen-bond donors (Lipinski definition) is 1. The number of rotatable bonds is 2. The van der Waals surface area contributed by atoms with Gasteiger partial charge in [0, 0.05) is 7.05 Å². The van der Waals surface area contributed by atoms with Gasteiger partial charge in [0.25, 0.3) is 5.91 Å². The number of benzene rings is 1. The van der Waals surface area contributed by atoms with E-state index in [2.05, 4.69) is 17.4 Å². The fourth-order valence-corrected chi connectivity index (χ4v) is 2.91. The molecule has 2 heterocycles. The number of amides is 1. The minimum atomic E-state index is -0.388. The monoisotopic (exact) mass is 260 g/mol. The maximum atomic E-state index is 11.8. The molecule has 2 aliphatic heterocycles. The van der Waals surface area contributed by atoms with Crippen molar-refractivity contribution in [1.29, 1.82) is 0 Å². The Balaban J connectivity index is 1.83. The molecule has 0 spiro atoms. The molecule has 1 saturated heterocycles. The molecule has 2 atom stereocenters. The van der Waals surface area contributed by atoms with Crippen LogP contribution in [0.3, 0.4) is 0 Å². The van der Waals surface area contributed by atoms with E-state index in [4.69, 9.17) is 4.74 Å². The Labute approximate surface area is 113 Å². The van der Waals surface area contributed by atoms with Gasteiger partial charge in [-0.3, -0.25) is 4.79 Å². The summed E-state index contributed by atoms with van der Waals surface area (Å²) in [5.74, 6) is 1.57. The van der Waals surface area contributed by atoms with Gasteiger partial charge < -0.3 is 15.0 Å². The van der Waals surface area contributed by atoms with Crippen molar-refractivity contribution in [2.75, 3.05) is 25.0 Å². The third kappa shape index (κ3) is 2.32. The van der Waals surface area contributed by atoms with Crippen LogP contribution in [0, 0.1) is 5.92 Å². The van der Waals surface area contributed by atoms with Crippen molar-refractivity contribution in [3.05, 3.63) is 23.8 Å². The zero-order valence-corrected chi connectivity index (χ0v) is 11.5. The molecule has 1 fully saturated rings. The molecular formula is C15H20N2O2. The smallest absolute Gasteiger partial charge is 0.267 e. The number of carbonyl (C=O) groups excluding carboxylic acids is 1. The van der Waals surface area contributed by atoms with Crippen molar-refractivity contribution in [3.8, 4) is 5.75 Å². The van der Waals surface area contributed by atoms with E-state index in [1.165, 1.54) is 12.0 Å². The van der Waals surface area contributed by atoms with Gasteiger partial charge in [0.1, 0.15) is 5.75 Å². The first kappa shape index (κ1) is 12.5. The molecule has 1 amide bonds. The van der Waals surface area contributed by atoms with Crippen LogP contribution in [0.2, 0.25) is 0 Å². The molecule has 2 unspecified atom stereocenters. The predicted octanol–water partition coefficient (Wildman–Crippen LogP) is 1.58. The fourth-order valence-electron chi connectivity index (χ4n) is 2.91. The van der Waals surface area contributed by atoms with E-state index in [0.717, 1.165) is 36.9 Å². The van der Waals surface area contributed by atoms with Crippen molar-refractivity contribution >= 4 is 11.6 Å². The van der Waals surface area contributed by atoms with Crippen molar-refractivity contribution in [1.82, 2.24) is 5.32 Å². The molecule has 1 N–H and O–H groups in total. The quantitative estimate of drug-likeness (QED) is 0.878. The highest BCUT2D eigenvalue weighted by Gasteiger charge is 2.29. The number of hydrogen-bond acceptors (Lipinski definition) is 3. The maximum Gasteiger partial charge on any atom is 0.267 e. The van der Waals surface area contributed by atoms with Crippen LogP contribution in [-0.4, -0.2) is 32.1 Å². The van der Waals surface area contributed by atoms with Crippen molar-refractivity contribution < 1.29 is 9.53 Å². The highest BCUT2D eigenvalue weighted by Crippen LogP contribution is 2.34. The molecule has 0 radical (unpaired) electrons. The van der Waals surface area contributed by atoms with Gasteiger partial charge in [0.15, 0.2) is 6.10 Å². The lowest BCUT2D eigenvalue weighted by Gasteiger charge is -2.30. The summed E-state index contributed by atoms with van der Waals surface area (Å²) >= 11 is 0. The number of nitrogens with zero attached hydrogens (tertiary/aromatic N) is 1. The molecule has 4 heteroatoms. The minimum Gasteiger partial charge on any atom is -0.479 e. The normalized spacial score (nSPS) is 26.2. The summed E-state index contributed by atoms with van der Waals surface area (Å²) in [7, 11) is 1.81. The summed E-state index contributed by atoms with van der Waals surface area (Å²) in [5.41, 5.74) is 2.17. The highest BCUT2D eigenvalue weighted by molar-refractivity contribution is 5.99. The van der Waals surface area contributed by atoms with E-state index < -0.39 is 0 Å². The average molecular weight is 260 g/mol. The molecule has 2 aliphatic rings. The molecule has 19 heavy (non-hydrogen) atoms. The van der Waals surface area contributed by atoms with Crippen LogP contribution in [0.25, 0.3) is 0 Å². The van der Waals surface area contributed by atoms with Crippen molar-refractivity contribution in [2.45, 2.75) is 25.9 Å². The molecule has 1 aromatic carbocycles. The number of likely N-dealkylation sites (N-methyl/N-ethyl adjacent to an activating group) is 1. The van der Waals surface area contributed by atoms with Gasteiger partial charge in [-0.05, 0) is 56.5 Å². The van der Waals surface area contributed by atoms with Gasteiger partial charge in [-0.25, -0.2) is 0 Å². The van der Waals surface area contributed by atoms with Gasteiger partial charge in [0.05, 0.1) is 5.69 Å². The number of ether oxygens (including phenoxy) is 1. The molecule has 0 aliphatic carbocycles. The van der Waals surface area contributed by atoms with E-state index in [9.17, 15) is 4.79 Å². The second-order valence-corrected chi connectivity index (χ2v) is 5.52. The second-order valence-electron chi connectivity index (χ2n) is 5.52. The average Bonchev–Trinajstić information content (AvgIpc) is 2.89. The second kappa shape index (κ2) is 4.85. The zero-order chi connectivity index (χ0) is 13.4. The summed E-state index contributed by atoms with van der Waals surface area (Å²) in [4.78, 5) is 13.5. The number of nitrogens with one attached hydrogen (secondary N) is 1. The molecule has 4 nitrogen and oxygen atoms in total. The van der Waals surface area contributed by atoms with Crippen molar-refractivity contribution in [3.63, 3.8) is 0 Å². The number of fused-ring (bicyclic) bond motifs is 1. The molecule has 1 aromatic rings. The summed E-state index contributed by atoms with van der Waals surface area (Å²) in [5, 5.41) is 3.39. The summed E-state index contributed by atoms with van der Waals surface area (Å²) < 4.78 is 5.71. The first-order valence-electron chi connectivity index (χ1n) is 6.93. The van der Waals surface area contributed by atoms with Gasteiger partial charge in [-0.15, -0.1) is 0 Å². The van der Waals surface area contributed by atoms with Gasteiger partial charge >= 0.3 is 0 Å². The van der Waals surface area contributed by atoms with Gasteiger partial charge in [0.2, 0.25) is 0 Å². The largest absolute Gasteiger partial charge is 0.479 e. The van der Waals surface area contributed by atoms with Gasteiger partial charge in [-0.2, -0.15) is 0 Å². The van der Waals surface area contributed by atoms with Crippen LogP contribution in [-0.2, 0) is 11.2 Å². The Morgan fingerprint density at radius 2 is 2.32 bits per heavy atom. The summed E-state index contributed by atoms with van der Waals surface area (Å²) in [6.45, 7) is 4.03. The van der Waals surface area contributed by atoms with Crippen LogP contribution in [0.4, 0.5) is 5.69 Å². The minimum absolute atomic E-state index is 0.0141. The third-order valence-corrected chi connectivity index (χ3v) is 4.05. The van der Waals surface area contributed by atoms with E-state index >= 15 is 0 Å². The third-order valence-electron chi connectivity index (χ3n) is 4.05. The van der Waals surface area contributed by atoms with E-state index in [-0.39, 0.29) is 12.0 Å². The Morgan fingerprint density at radius 3 is 3.05 bits per heavy atom. The van der Waals surface area contributed by atoms with Crippen LogP contribution in [0.15, 0.2) is 18.2 Å². The molecule has 0 bridgehead atoms. The lowest BCUT2D eigenvalue weighted by Crippen LogP contribution is -2.41. The topological polar surface area (TPSA) is 41.6 Å². The Morgan fingerprint density at radius 1 is 1.47 bits per heavy atom. The Kier molecular flexibility index (Phi) is 3.19. The lowest BCUT2D eigenvalue weighted by atomic mass is 9.98. The highest BCUT2D eigenvalue weighted by atomic mass is 16.5.